The molecule has 0 aliphatic heterocycles. The molecular formula is C15H13F3N2O. The van der Waals surface area contributed by atoms with Crippen LogP contribution in [-0.2, 0) is 12.7 Å². The first-order valence-electron chi connectivity index (χ1n) is 6.24. The average Bonchev–Trinajstić information content (AvgIpc) is 2.45. The molecule has 0 aliphatic carbocycles. The summed E-state index contributed by atoms with van der Waals surface area (Å²) < 4.78 is 38.8. The fourth-order valence-electron chi connectivity index (χ4n) is 1.85. The molecule has 2 rings (SSSR count). The number of hydrogen-bond acceptors (Lipinski definition) is 2. The van der Waals surface area contributed by atoms with Crippen molar-refractivity contribution in [2.75, 3.05) is 0 Å². The van der Waals surface area contributed by atoms with E-state index in [-0.39, 0.29) is 12.2 Å². The number of halogens is 3. The van der Waals surface area contributed by atoms with E-state index in [9.17, 15) is 18.0 Å². The number of benzene rings is 1. The molecule has 0 saturated carbocycles. The molecule has 1 aromatic heterocycles. The van der Waals surface area contributed by atoms with Gasteiger partial charge in [-0.15, -0.1) is 0 Å². The minimum Gasteiger partial charge on any atom is -0.348 e. The summed E-state index contributed by atoms with van der Waals surface area (Å²) in [7, 11) is 0. The van der Waals surface area contributed by atoms with Crippen molar-refractivity contribution in [1.29, 1.82) is 0 Å². The number of hydrogen-bond donors (Lipinski definition) is 1. The Labute approximate surface area is 119 Å². The average molecular weight is 294 g/mol. The van der Waals surface area contributed by atoms with Gasteiger partial charge in [-0.1, -0.05) is 30.3 Å². The Balaban J connectivity index is 2.20. The number of carbonyl (C=O) groups is 1. The van der Waals surface area contributed by atoms with E-state index in [1.54, 1.807) is 24.3 Å². The van der Waals surface area contributed by atoms with Gasteiger partial charge in [0.05, 0.1) is 11.1 Å². The highest BCUT2D eigenvalue weighted by molar-refractivity contribution is 5.95. The summed E-state index contributed by atoms with van der Waals surface area (Å²) >= 11 is 0. The standard InChI is InChI=1S/C15H13F3N2O/c1-10-7-13(15(16,17)18)12(9-19-10)14(21)20-8-11-5-3-2-4-6-11/h2-7,9H,8H2,1H3,(H,20,21). The van der Waals surface area contributed by atoms with Gasteiger partial charge in [-0.05, 0) is 18.6 Å². The molecule has 6 heteroatoms. The minimum atomic E-state index is -4.59. The number of aromatic nitrogens is 1. The molecule has 0 saturated heterocycles. The second-order valence-electron chi connectivity index (χ2n) is 4.54. The van der Waals surface area contributed by atoms with Crippen molar-refractivity contribution in [3.8, 4) is 0 Å². The zero-order valence-electron chi connectivity index (χ0n) is 11.2. The van der Waals surface area contributed by atoms with Gasteiger partial charge in [-0.3, -0.25) is 9.78 Å². The van der Waals surface area contributed by atoms with Crippen LogP contribution < -0.4 is 5.32 Å². The van der Waals surface area contributed by atoms with Crippen molar-refractivity contribution in [3.05, 3.63) is 65.0 Å². The van der Waals surface area contributed by atoms with Crippen LogP contribution in [-0.4, -0.2) is 10.9 Å². The topological polar surface area (TPSA) is 42.0 Å². The number of carbonyl (C=O) groups excluding carboxylic acids is 1. The van der Waals surface area contributed by atoms with Gasteiger partial charge >= 0.3 is 6.18 Å². The van der Waals surface area contributed by atoms with E-state index < -0.39 is 23.2 Å². The summed E-state index contributed by atoms with van der Waals surface area (Å²) in [6.45, 7) is 1.60. The molecule has 1 N–H and O–H groups in total. The highest BCUT2D eigenvalue weighted by Gasteiger charge is 2.35. The van der Waals surface area contributed by atoms with E-state index in [2.05, 4.69) is 10.3 Å². The van der Waals surface area contributed by atoms with Crippen molar-refractivity contribution in [2.24, 2.45) is 0 Å². The summed E-state index contributed by atoms with van der Waals surface area (Å²) in [4.78, 5) is 15.7. The van der Waals surface area contributed by atoms with Crippen LogP contribution in [0.4, 0.5) is 13.2 Å². The molecule has 0 fully saturated rings. The number of nitrogens with one attached hydrogen (secondary N) is 1. The van der Waals surface area contributed by atoms with Crippen molar-refractivity contribution < 1.29 is 18.0 Å². The molecule has 110 valence electrons. The Morgan fingerprint density at radius 1 is 1.24 bits per heavy atom. The molecular weight excluding hydrogens is 281 g/mol. The highest BCUT2D eigenvalue weighted by atomic mass is 19.4. The van der Waals surface area contributed by atoms with Gasteiger partial charge in [0.15, 0.2) is 0 Å². The van der Waals surface area contributed by atoms with Crippen LogP contribution in [0.1, 0.15) is 27.2 Å². The number of alkyl halides is 3. The van der Waals surface area contributed by atoms with Gasteiger partial charge < -0.3 is 5.32 Å². The second kappa shape index (κ2) is 5.95. The summed E-state index contributed by atoms with van der Waals surface area (Å²) in [6.07, 6.45) is -3.63. The Bertz CT molecular complexity index is 639. The Kier molecular flexibility index (Phi) is 4.26. The fraction of sp³-hybridized carbons (Fsp3) is 0.200. The van der Waals surface area contributed by atoms with Gasteiger partial charge in [0, 0.05) is 18.4 Å². The summed E-state index contributed by atoms with van der Waals surface area (Å²) in [5.74, 6) is -0.793. The Morgan fingerprint density at radius 3 is 2.52 bits per heavy atom. The molecule has 0 radical (unpaired) electrons. The predicted octanol–water partition coefficient (Wildman–Crippen LogP) is 3.34. The quantitative estimate of drug-likeness (QED) is 0.943. The van der Waals surface area contributed by atoms with E-state index in [1.807, 2.05) is 6.07 Å². The molecule has 1 amide bonds. The number of amides is 1. The molecule has 0 aliphatic rings. The maximum absolute atomic E-state index is 12.9. The lowest BCUT2D eigenvalue weighted by Crippen LogP contribution is -2.26. The maximum Gasteiger partial charge on any atom is 0.417 e. The number of pyridine rings is 1. The van der Waals surface area contributed by atoms with E-state index in [0.717, 1.165) is 17.8 Å². The van der Waals surface area contributed by atoms with Crippen LogP contribution in [0.2, 0.25) is 0 Å². The molecule has 21 heavy (non-hydrogen) atoms. The first kappa shape index (κ1) is 15.0. The van der Waals surface area contributed by atoms with Crippen molar-refractivity contribution >= 4 is 5.91 Å². The highest BCUT2D eigenvalue weighted by Crippen LogP contribution is 2.32. The molecule has 0 unspecified atom stereocenters. The van der Waals surface area contributed by atoms with Gasteiger partial charge in [0.1, 0.15) is 0 Å². The SMILES string of the molecule is Cc1cc(C(F)(F)F)c(C(=O)NCc2ccccc2)cn1. The van der Waals surface area contributed by atoms with Crippen molar-refractivity contribution in [1.82, 2.24) is 10.3 Å². The Hall–Kier alpha value is -2.37. The van der Waals surface area contributed by atoms with Crippen LogP contribution in [0, 0.1) is 6.92 Å². The second-order valence-corrected chi connectivity index (χ2v) is 4.54. The first-order chi connectivity index (χ1) is 9.88. The van der Waals surface area contributed by atoms with Crippen LogP contribution in [0.3, 0.4) is 0 Å². The monoisotopic (exact) mass is 294 g/mol. The third kappa shape index (κ3) is 3.81. The van der Waals surface area contributed by atoms with Crippen molar-refractivity contribution in [2.45, 2.75) is 19.6 Å². The summed E-state index contributed by atoms with van der Waals surface area (Å²) in [5, 5.41) is 2.47. The number of rotatable bonds is 3. The van der Waals surface area contributed by atoms with Gasteiger partial charge in [0.2, 0.25) is 0 Å². The molecule has 0 bridgehead atoms. The Morgan fingerprint density at radius 2 is 1.90 bits per heavy atom. The third-order valence-electron chi connectivity index (χ3n) is 2.89. The van der Waals surface area contributed by atoms with Gasteiger partial charge in [-0.2, -0.15) is 13.2 Å². The smallest absolute Gasteiger partial charge is 0.348 e. The maximum atomic E-state index is 12.9. The largest absolute Gasteiger partial charge is 0.417 e. The third-order valence-corrected chi connectivity index (χ3v) is 2.89. The molecule has 1 heterocycles. The van der Waals surface area contributed by atoms with E-state index in [1.165, 1.54) is 6.92 Å². The molecule has 0 spiro atoms. The van der Waals surface area contributed by atoms with E-state index >= 15 is 0 Å². The minimum absolute atomic E-state index is 0.158. The zero-order chi connectivity index (χ0) is 15.5. The summed E-state index contributed by atoms with van der Waals surface area (Å²) in [6, 6.07) is 9.82. The molecule has 0 atom stereocenters. The van der Waals surface area contributed by atoms with Crippen LogP contribution >= 0.6 is 0 Å². The van der Waals surface area contributed by atoms with Gasteiger partial charge in [0.25, 0.3) is 5.91 Å². The lowest BCUT2D eigenvalue weighted by molar-refractivity contribution is -0.138. The van der Waals surface area contributed by atoms with E-state index in [0.29, 0.717) is 0 Å². The predicted molar refractivity (Wildman–Crippen MR) is 71.6 cm³/mol. The van der Waals surface area contributed by atoms with Crippen LogP contribution in [0.25, 0.3) is 0 Å². The van der Waals surface area contributed by atoms with Crippen molar-refractivity contribution in [3.63, 3.8) is 0 Å². The van der Waals surface area contributed by atoms with Crippen LogP contribution in [0.15, 0.2) is 42.6 Å². The van der Waals surface area contributed by atoms with Gasteiger partial charge in [-0.25, -0.2) is 0 Å². The number of nitrogens with zero attached hydrogens (tertiary/aromatic N) is 1. The summed E-state index contributed by atoms with van der Waals surface area (Å²) in [5.41, 5.74) is -0.425. The lowest BCUT2D eigenvalue weighted by Gasteiger charge is -2.13. The fourth-order valence-corrected chi connectivity index (χ4v) is 1.85. The molecule has 3 nitrogen and oxygen atoms in total. The normalized spacial score (nSPS) is 11.2. The van der Waals surface area contributed by atoms with E-state index in [4.69, 9.17) is 0 Å². The lowest BCUT2D eigenvalue weighted by atomic mass is 10.1. The number of aryl methyl sites for hydroxylation is 1. The molecule has 1 aromatic carbocycles. The zero-order valence-corrected chi connectivity index (χ0v) is 11.2. The van der Waals surface area contributed by atoms with Crippen LogP contribution in [0.5, 0.6) is 0 Å². The molecule has 2 aromatic rings. The first-order valence-corrected chi connectivity index (χ1v) is 6.24.